The molecule has 8 nitrogen and oxygen atoms in total. The molecule has 1 unspecified atom stereocenters. The maximum absolute atomic E-state index is 13.8. The lowest BCUT2D eigenvalue weighted by molar-refractivity contribution is -0.127. The van der Waals surface area contributed by atoms with Crippen LogP contribution in [-0.4, -0.2) is 44.0 Å². The molecule has 3 amide bonds. The van der Waals surface area contributed by atoms with Crippen LogP contribution in [0.4, 0.5) is 10.1 Å². The third kappa shape index (κ3) is 7.07. The van der Waals surface area contributed by atoms with Gasteiger partial charge in [-0.3, -0.25) is 19.3 Å². The molecule has 0 fully saturated rings. The first-order chi connectivity index (χ1) is 17.5. The third-order valence-corrected chi connectivity index (χ3v) is 6.12. The van der Waals surface area contributed by atoms with E-state index in [1.165, 1.54) is 54.7 Å². The van der Waals surface area contributed by atoms with Gasteiger partial charge in [-0.1, -0.05) is 12.1 Å². The van der Waals surface area contributed by atoms with E-state index in [9.17, 15) is 18.8 Å². The zero-order valence-corrected chi connectivity index (χ0v) is 22.1. The van der Waals surface area contributed by atoms with E-state index in [1.54, 1.807) is 35.7 Å². The number of methoxy groups -OCH3 is 2. The first-order valence-corrected chi connectivity index (χ1v) is 12.4. The van der Waals surface area contributed by atoms with Gasteiger partial charge in [0.15, 0.2) is 11.5 Å². The molecule has 1 aromatic heterocycles. The van der Waals surface area contributed by atoms with Crippen molar-refractivity contribution in [3.63, 3.8) is 0 Å². The van der Waals surface area contributed by atoms with Gasteiger partial charge in [-0.25, -0.2) is 4.39 Å². The van der Waals surface area contributed by atoms with E-state index < -0.39 is 35.1 Å². The molecule has 2 aromatic carbocycles. The number of carbonyl (C=O) groups excluding carboxylic acids is 3. The van der Waals surface area contributed by atoms with Crippen molar-refractivity contribution in [2.45, 2.75) is 32.4 Å². The Kier molecular flexibility index (Phi) is 8.88. The van der Waals surface area contributed by atoms with Crippen LogP contribution in [0.15, 0.2) is 60.0 Å². The number of nitrogens with zero attached hydrogens (tertiary/aromatic N) is 1. The number of ether oxygens (including phenoxy) is 2. The largest absolute Gasteiger partial charge is 0.493 e. The Morgan fingerprint density at radius 2 is 1.68 bits per heavy atom. The van der Waals surface area contributed by atoms with E-state index >= 15 is 0 Å². The Morgan fingerprint density at radius 1 is 1.00 bits per heavy atom. The molecule has 0 aliphatic heterocycles. The highest BCUT2D eigenvalue weighted by atomic mass is 32.1. The molecule has 37 heavy (non-hydrogen) atoms. The van der Waals surface area contributed by atoms with Crippen LogP contribution in [0.2, 0.25) is 0 Å². The standard InChI is InChI=1S/C27H30FN3O5S/c1-27(2,3)30-26(34)24(17-8-13-20(35-4)21(15-17)36-5)31(19-11-9-18(28)10-12-19)23(32)16-29-25(33)22-7-6-14-37-22/h6-15,24H,16H2,1-5H3,(H,29,33)(H,30,34). The van der Waals surface area contributed by atoms with Crippen molar-refractivity contribution < 1.29 is 28.2 Å². The number of hydrogen-bond donors (Lipinski definition) is 2. The monoisotopic (exact) mass is 527 g/mol. The Morgan fingerprint density at radius 3 is 2.24 bits per heavy atom. The van der Waals surface area contributed by atoms with E-state index in [4.69, 9.17) is 9.47 Å². The fourth-order valence-electron chi connectivity index (χ4n) is 3.65. The number of hydrogen-bond acceptors (Lipinski definition) is 6. The van der Waals surface area contributed by atoms with Crippen LogP contribution in [0, 0.1) is 5.82 Å². The van der Waals surface area contributed by atoms with Gasteiger partial charge in [0.2, 0.25) is 11.8 Å². The van der Waals surface area contributed by atoms with Gasteiger partial charge in [0.05, 0.1) is 25.6 Å². The SMILES string of the molecule is COc1ccc(C(C(=O)NC(C)(C)C)N(C(=O)CNC(=O)c2cccs2)c2ccc(F)cc2)cc1OC. The van der Waals surface area contributed by atoms with Gasteiger partial charge in [0.1, 0.15) is 11.9 Å². The van der Waals surface area contributed by atoms with Crippen LogP contribution in [0.25, 0.3) is 0 Å². The van der Waals surface area contributed by atoms with E-state index in [0.29, 0.717) is 21.9 Å². The molecule has 10 heteroatoms. The lowest BCUT2D eigenvalue weighted by atomic mass is 10.00. The molecule has 0 aliphatic carbocycles. The number of nitrogens with one attached hydrogen (secondary N) is 2. The van der Waals surface area contributed by atoms with Gasteiger partial charge >= 0.3 is 0 Å². The number of anilines is 1. The Bertz CT molecular complexity index is 1240. The van der Waals surface area contributed by atoms with Crippen LogP contribution in [0.3, 0.4) is 0 Å². The van der Waals surface area contributed by atoms with Crippen molar-refractivity contribution in [2.75, 3.05) is 25.7 Å². The molecule has 0 spiro atoms. The highest BCUT2D eigenvalue weighted by Crippen LogP contribution is 2.34. The molecule has 1 atom stereocenters. The highest BCUT2D eigenvalue weighted by Gasteiger charge is 2.35. The molecule has 0 bridgehead atoms. The summed E-state index contributed by atoms with van der Waals surface area (Å²) in [6.45, 7) is 5.08. The molecule has 1 heterocycles. The van der Waals surface area contributed by atoms with Gasteiger partial charge in [-0.2, -0.15) is 0 Å². The van der Waals surface area contributed by atoms with Crippen molar-refractivity contribution in [3.05, 3.63) is 76.2 Å². The summed E-state index contributed by atoms with van der Waals surface area (Å²) in [6.07, 6.45) is 0. The summed E-state index contributed by atoms with van der Waals surface area (Å²) in [6, 6.07) is 12.3. The Hall–Kier alpha value is -3.92. The summed E-state index contributed by atoms with van der Waals surface area (Å²) in [7, 11) is 2.96. The van der Waals surface area contributed by atoms with Crippen molar-refractivity contribution >= 4 is 34.7 Å². The minimum Gasteiger partial charge on any atom is -0.493 e. The average molecular weight is 528 g/mol. The summed E-state index contributed by atoms with van der Waals surface area (Å²) >= 11 is 1.24. The molecule has 0 saturated carbocycles. The fraction of sp³-hybridized carbons (Fsp3) is 0.296. The normalized spacial score (nSPS) is 11.8. The minimum atomic E-state index is -1.17. The molecule has 0 radical (unpaired) electrons. The van der Waals surface area contributed by atoms with Gasteiger partial charge in [-0.15, -0.1) is 11.3 Å². The van der Waals surface area contributed by atoms with E-state index in [1.807, 2.05) is 20.8 Å². The molecule has 196 valence electrons. The maximum Gasteiger partial charge on any atom is 0.261 e. The number of amides is 3. The maximum atomic E-state index is 13.8. The van der Waals surface area contributed by atoms with Gasteiger partial charge < -0.3 is 20.1 Å². The topological polar surface area (TPSA) is 97.0 Å². The molecule has 0 aliphatic rings. The first-order valence-electron chi connectivity index (χ1n) is 11.5. The molecule has 3 rings (SSSR count). The molecule has 2 N–H and O–H groups in total. The summed E-state index contributed by atoms with van der Waals surface area (Å²) < 4.78 is 24.5. The molecule has 3 aromatic rings. The molecular formula is C27H30FN3O5S. The second-order valence-electron chi connectivity index (χ2n) is 9.16. The lowest BCUT2D eigenvalue weighted by Crippen LogP contribution is -2.51. The third-order valence-electron chi connectivity index (χ3n) is 5.25. The van der Waals surface area contributed by atoms with Crippen molar-refractivity contribution in [1.82, 2.24) is 10.6 Å². The molecule has 0 saturated heterocycles. The van der Waals surface area contributed by atoms with Gasteiger partial charge in [-0.05, 0) is 74.2 Å². The van der Waals surface area contributed by atoms with Crippen LogP contribution in [0.1, 0.15) is 42.0 Å². The van der Waals surface area contributed by atoms with Crippen LogP contribution < -0.4 is 25.0 Å². The number of carbonyl (C=O) groups is 3. The summed E-state index contributed by atoms with van der Waals surface area (Å²) in [5.41, 5.74) is 0.0961. The van der Waals surface area contributed by atoms with Gasteiger partial charge in [0.25, 0.3) is 5.91 Å². The number of rotatable bonds is 9. The predicted octanol–water partition coefficient (Wildman–Crippen LogP) is 4.32. The fourth-order valence-corrected chi connectivity index (χ4v) is 4.29. The predicted molar refractivity (Wildman–Crippen MR) is 141 cm³/mol. The number of thiophene rings is 1. The Balaban J connectivity index is 2.08. The Labute approximate surface area is 219 Å². The first kappa shape index (κ1) is 27.7. The van der Waals surface area contributed by atoms with Crippen molar-refractivity contribution in [1.29, 1.82) is 0 Å². The molecular weight excluding hydrogens is 497 g/mol. The van der Waals surface area contributed by atoms with Crippen LogP contribution >= 0.6 is 11.3 Å². The van der Waals surface area contributed by atoms with Crippen LogP contribution in [-0.2, 0) is 9.59 Å². The van der Waals surface area contributed by atoms with Gasteiger partial charge in [0, 0.05) is 11.2 Å². The van der Waals surface area contributed by atoms with Crippen molar-refractivity contribution in [2.24, 2.45) is 0 Å². The zero-order valence-electron chi connectivity index (χ0n) is 21.3. The highest BCUT2D eigenvalue weighted by molar-refractivity contribution is 7.12. The van der Waals surface area contributed by atoms with E-state index in [2.05, 4.69) is 10.6 Å². The smallest absolute Gasteiger partial charge is 0.261 e. The second kappa shape index (κ2) is 11.9. The van der Waals surface area contributed by atoms with E-state index in [-0.39, 0.29) is 12.2 Å². The minimum absolute atomic E-state index is 0.278. The van der Waals surface area contributed by atoms with Crippen LogP contribution in [0.5, 0.6) is 11.5 Å². The van der Waals surface area contributed by atoms with Crippen molar-refractivity contribution in [3.8, 4) is 11.5 Å². The average Bonchev–Trinajstić information content (AvgIpc) is 3.40. The summed E-state index contributed by atoms with van der Waals surface area (Å²) in [5.74, 6) is -1.13. The second-order valence-corrected chi connectivity index (χ2v) is 10.1. The number of benzene rings is 2. The zero-order chi connectivity index (χ0) is 27.2. The summed E-state index contributed by atoms with van der Waals surface area (Å²) in [4.78, 5) is 41.5. The number of halogens is 1. The lowest BCUT2D eigenvalue weighted by Gasteiger charge is -2.34. The summed E-state index contributed by atoms with van der Waals surface area (Å²) in [5, 5.41) is 7.29. The quantitative estimate of drug-likeness (QED) is 0.432. The van der Waals surface area contributed by atoms with E-state index in [0.717, 1.165) is 0 Å².